The van der Waals surface area contributed by atoms with Gasteiger partial charge in [0.15, 0.2) is 0 Å². The molecule has 0 atom stereocenters. The predicted octanol–water partition coefficient (Wildman–Crippen LogP) is 15.5. The molecule has 9 aromatic rings. The second kappa shape index (κ2) is 12.5. The molecule has 0 saturated heterocycles. The molecule has 58 heavy (non-hydrogen) atoms. The summed E-state index contributed by atoms with van der Waals surface area (Å²) in [6.45, 7) is 14.0. The van der Waals surface area contributed by atoms with E-state index in [4.69, 9.17) is 0 Å². The van der Waals surface area contributed by atoms with Crippen molar-refractivity contribution >= 4 is 21.8 Å². The fourth-order valence-electron chi connectivity index (χ4n) is 10.5. The first-order valence-corrected chi connectivity index (χ1v) is 20.9. The lowest BCUT2D eigenvalue weighted by Gasteiger charge is -2.22. The van der Waals surface area contributed by atoms with Gasteiger partial charge >= 0.3 is 0 Å². The first kappa shape index (κ1) is 34.8. The monoisotopic (exact) mass is 745 g/mol. The normalized spacial score (nSPS) is 14.5. The Morgan fingerprint density at radius 1 is 0.362 bits per heavy atom. The van der Waals surface area contributed by atoms with E-state index in [0.29, 0.717) is 5.92 Å². The van der Waals surface area contributed by atoms with Gasteiger partial charge in [-0.05, 0) is 132 Å². The van der Waals surface area contributed by atoms with Crippen molar-refractivity contribution in [3.8, 4) is 61.3 Å². The quantitative estimate of drug-likeness (QED) is 0.165. The molecule has 1 heterocycles. The molecule has 8 aromatic carbocycles. The lowest BCUT2D eigenvalue weighted by Crippen LogP contribution is -2.15. The lowest BCUT2D eigenvalue weighted by molar-refractivity contribution is 0.660. The Kier molecular flexibility index (Phi) is 7.51. The van der Waals surface area contributed by atoms with Gasteiger partial charge in [-0.25, -0.2) is 0 Å². The SMILES string of the molecule is CC(C)c1ccccc1-c1ccc(-c2ccc3c(c2)c2cc(-c4ccc5c(c4)C(C)(C)c4ccccc4-5)ccc2n3-c2ccc3c(c2)C(C)(C)c2ccccc2-3)cc1. The fraction of sp³-hybridized carbons (Fsp3) is 0.158. The molecular formula is C57H47N. The van der Waals surface area contributed by atoms with Gasteiger partial charge in [0.05, 0.1) is 11.0 Å². The minimum atomic E-state index is -0.0795. The van der Waals surface area contributed by atoms with Crippen molar-refractivity contribution in [3.63, 3.8) is 0 Å². The van der Waals surface area contributed by atoms with E-state index >= 15 is 0 Å². The van der Waals surface area contributed by atoms with Gasteiger partial charge in [-0.15, -0.1) is 0 Å². The third kappa shape index (κ3) is 5.02. The average molecular weight is 746 g/mol. The molecule has 2 aliphatic rings. The molecule has 11 rings (SSSR count). The van der Waals surface area contributed by atoms with E-state index < -0.39 is 0 Å². The van der Waals surface area contributed by atoms with Crippen molar-refractivity contribution in [2.24, 2.45) is 0 Å². The van der Waals surface area contributed by atoms with E-state index in [1.54, 1.807) is 0 Å². The van der Waals surface area contributed by atoms with Gasteiger partial charge in [-0.1, -0.05) is 169 Å². The molecule has 0 aliphatic heterocycles. The van der Waals surface area contributed by atoms with Crippen LogP contribution < -0.4 is 0 Å². The van der Waals surface area contributed by atoms with Crippen LogP contribution in [0.1, 0.15) is 75.3 Å². The number of nitrogens with zero attached hydrogens (tertiary/aromatic N) is 1. The number of hydrogen-bond acceptors (Lipinski definition) is 0. The molecule has 280 valence electrons. The van der Waals surface area contributed by atoms with Gasteiger partial charge in [0, 0.05) is 27.3 Å². The molecule has 0 amide bonds. The summed E-state index contributed by atoms with van der Waals surface area (Å²) in [6.07, 6.45) is 0. The van der Waals surface area contributed by atoms with Gasteiger partial charge in [0.1, 0.15) is 0 Å². The molecular weight excluding hydrogens is 699 g/mol. The van der Waals surface area contributed by atoms with Crippen LogP contribution in [-0.4, -0.2) is 4.57 Å². The van der Waals surface area contributed by atoms with Gasteiger partial charge in [0.25, 0.3) is 0 Å². The van der Waals surface area contributed by atoms with Crippen molar-refractivity contribution in [1.82, 2.24) is 4.57 Å². The summed E-state index contributed by atoms with van der Waals surface area (Å²) in [7, 11) is 0. The second-order valence-corrected chi connectivity index (χ2v) is 17.9. The number of benzene rings is 8. The van der Waals surface area contributed by atoms with Crippen molar-refractivity contribution in [2.75, 3.05) is 0 Å². The molecule has 2 aliphatic carbocycles. The minimum Gasteiger partial charge on any atom is -0.309 e. The maximum Gasteiger partial charge on any atom is 0.0541 e. The van der Waals surface area contributed by atoms with Gasteiger partial charge in [-0.3, -0.25) is 0 Å². The van der Waals surface area contributed by atoms with Crippen molar-refractivity contribution in [3.05, 3.63) is 198 Å². The highest BCUT2D eigenvalue weighted by atomic mass is 15.0. The zero-order chi connectivity index (χ0) is 39.5. The van der Waals surface area contributed by atoms with E-state index in [1.165, 1.54) is 111 Å². The van der Waals surface area contributed by atoms with E-state index in [1.807, 2.05) is 0 Å². The van der Waals surface area contributed by atoms with E-state index in [2.05, 4.69) is 216 Å². The topological polar surface area (TPSA) is 4.93 Å². The molecule has 0 fully saturated rings. The van der Waals surface area contributed by atoms with Crippen molar-refractivity contribution in [2.45, 2.75) is 58.3 Å². The van der Waals surface area contributed by atoms with Gasteiger partial charge in [0.2, 0.25) is 0 Å². The molecule has 0 unspecified atom stereocenters. The van der Waals surface area contributed by atoms with Gasteiger partial charge in [-0.2, -0.15) is 0 Å². The standard InChI is InChI=1S/C57H47N/c1-35(2)42-13-7-8-14-43(42)37-21-19-36(20-22-37)38-24-29-54-48(31-38)49-32-39(40-23-27-46-44-15-9-11-17-50(44)56(3,4)52(46)33-40)25-30-55(49)58(54)41-26-28-47-45-16-10-12-18-51(45)57(5,6)53(47)34-41/h7-35H,1-6H3. The highest BCUT2D eigenvalue weighted by Gasteiger charge is 2.36. The Hall–Kier alpha value is -6.44. The zero-order valence-corrected chi connectivity index (χ0v) is 34.2. The van der Waals surface area contributed by atoms with Crippen LogP contribution in [0.3, 0.4) is 0 Å². The molecule has 1 heteroatoms. The third-order valence-electron chi connectivity index (χ3n) is 13.6. The molecule has 1 aromatic heterocycles. The molecule has 0 saturated carbocycles. The van der Waals surface area contributed by atoms with E-state index in [0.717, 1.165) is 0 Å². The summed E-state index contributed by atoms with van der Waals surface area (Å²) in [5.74, 6) is 0.465. The van der Waals surface area contributed by atoms with Crippen LogP contribution in [0, 0.1) is 0 Å². The Labute approximate surface area is 342 Å². The van der Waals surface area contributed by atoms with Crippen LogP contribution in [-0.2, 0) is 10.8 Å². The summed E-state index contributed by atoms with van der Waals surface area (Å²) in [5, 5.41) is 2.53. The molecule has 0 spiro atoms. The summed E-state index contributed by atoms with van der Waals surface area (Å²) in [6, 6.07) is 64.2. The van der Waals surface area contributed by atoms with Crippen LogP contribution in [0.5, 0.6) is 0 Å². The van der Waals surface area contributed by atoms with E-state index in [-0.39, 0.29) is 10.8 Å². The molecule has 0 bridgehead atoms. The van der Waals surface area contributed by atoms with E-state index in [9.17, 15) is 0 Å². The Morgan fingerprint density at radius 3 is 1.40 bits per heavy atom. The number of rotatable bonds is 5. The summed E-state index contributed by atoms with van der Waals surface area (Å²) >= 11 is 0. The number of hydrogen-bond donors (Lipinski definition) is 0. The summed E-state index contributed by atoms with van der Waals surface area (Å²) < 4.78 is 2.49. The summed E-state index contributed by atoms with van der Waals surface area (Å²) in [4.78, 5) is 0. The highest BCUT2D eigenvalue weighted by molar-refractivity contribution is 6.12. The van der Waals surface area contributed by atoms with Crippen molar-refractivity contribution in [1.29, 1.82) is 0 Å². The average Bonchev–Trinajstić information content (AvgIpc) is 3.79. The third-order valence-corrected chi connectivity index (χ3v) is 13.6. The lowest BCUT2D eigenvalue weighted by atomic mass is 9.81. The van der Waals surface area contributed by atoms with Crippen LogP contribution >= 0.6 is 0 Å². The van der Waals surface area contributed by atoms with Crippen molar-refractivity contribution < 1.29 is 0 Å². The molecule has 1 nitrogen and oxygen atoms in total. The van der Waals surface area contributed by atoms with Crippen LogP contribution in [0.2, 0.25) is 0 Å². The number of aromatic nitrogens is 1. The fourth-order valence-corrected chi connectivity index (χ4v) is 10.5. The maximum atomic E-state index is 2.49. The minimum absolute atomic E-state index is 0.0512. The Bertz CT molecular complexity index is 3130. The zero-order valence-electron chi connectivity index (χ0n) is 34.2. The van der Waals surface area contributed by atoms with Crippen LogP contribution in [0.4, 0.5) is 0 Å². The largest absolute Gasteiger partial charge is 0.309 e. The van der Waals surface area contributed by atoms with Crippen LogP contribution in [0.15, 0.2) is 170 Å². The Balaban J connectivity index is 1.08. The van der Waals surface area contributed by atoms with Crippen LogP contribution in [0.25, 0.3) is 83.1 Å². The predicted molar refractivity (Wildman–Crippen MR) is 246 cm³/mol. The van der Waals surface area contributed by atoms with Gasteiger partial charge < -0.3 is 4.57 Å². The highest BCUT2D eigenvalue weighted by Crippen LogP contribution is 2.51. The number of fused-ring (bicyclic) bond motifs is 9. The second-order valence-electron chi connectivity index (χ2n) is 17.9. The maximum absolute atomic E-state index is 2.49. The first-order chi connectivity index (χ1) is 28.1. The Morgan fingerprint density at radius 2 is 0.793 bits per heavy atom. The smallest absolute Gasteiger partial charge is 0.0541 e. The molecule has 0 radical (unpaired) electrons. The molecule has 0 N–H and O–H groups in total. The first-order valence-electron chi connectivity index (χ1n) is 20.9. The summed E-state index contributed by atoms with van der Waals surface area (Å²) in [5.41, 5.74) is 23.4.